The molecule has 3 aliphatic rings. The van der Waals surface area contributed by atoms with E-state index in [1.807, 2.05) is 12.1 Å². The van der Waals surface area contributed by atoms with Crippen LogP contribution in [0.25, 0.3) is 10.6 Å². The molecule has 4 heterocycles. The van der Waals surface area contributed by atoms with E-state index in [2.05, 4.69) is 16.3 Å². The number of rotatable bonds is 3. The van der Waals surface area contributed by atoms with E-state index in [4.69, 9.17) is 14.5 Å². The lowest BCUT2D eigenvalue weighted by molar-refractivity contribution is 0.174. The second-order valence-electron chi connectivity index (χ2n) is 6.35. The third-order valence-corrected chi connectivity index (χ3v) is 6.06. The van der Waals surface area contributed by atoms with E-state index in [0.717, 1.165) is 40.7 Å². The quantitative estimate of drug-likeness (QED) is 0.866. The van der Waals surface area contributed by atoms with Gasteiger partial charge in [-0.3, -0.25) is 4.90 Å². The predicted octanol–water partition coefficient (Wildman–Crippen LogP) is 3.67. The van der Waals surface area contributed by atoms with E-state index in [0.29, 0.717) is 6.79 Å². The standard InChI is InChI=1S/C17H18N2O2S/c1-6-15-16(21-10-20-15)7-11(1)17-18-12(9-22-17)8-19-13-2-3-14(19)5-4-13/h1,6-7,9,13-14H,2-5,8,10H2. The summed E-state index contributed by atoms with van der Waals surface area (Å²) in [6, 6.07) is 7.68. The van der Waals surface area contributed by atoms with Gasteiger partial charge < -0.3 is 9.47 Å². The lowest BCUT2D eigenvalue weighted by Crippen LogP contribution is -2.27. The van der Waals surface area contributed by atoms with Crippen LogP contribution in [0.5, 0.6) is 11.5 Å². The highest BCUT2D eigenvalue weighted by Crippen LogP contribution is 2.39. The van der Waals surface area contributed by atoms with Crippen molar-refractivity contribution < 1.29 is 9.47 Å². The van der Waals surface area contributed by atoms with Crippen molar-refractivity contribution >= 4 is 11.3 Å². The monoisotopic (exact) mass is 314 g/mol. The highest BCUT2D eigenvalue weighted by Gasteiger charge is 2.39. The Labute approximate surface area is 133 Å². The predicted molar refractivity (Wildman–Crippen MR) is 85.3 cm³/mol. The minimum atomic E-state index is 0.319. The van der Waals surface area contributed by atoms with Crippen LogP contribution in [0.4, 0.5) is 0 Å². The maximum absolute atomic E-state index is 5.46. The Morgan fingerprint density at radius 2 is 1.86 bits per heavy atom. The smallest absolute Gasteiger partial charge is 0.231 e. The summed E-state index contributed by atoms with van der Waals surface area (Å²) < 4.78 is 10.8. The molecule has 0 radical (unpaired) electrons. The Balaban J connectivity index is 1.38. The summed E-state index contributed by atoms with van der Waals surface area (Å²) in [4.78, 5) is 7.51. The van der Waals surface area contributed by atoms with Gasteiger partial charge in [0.15, 0.2) is 11.5 Å². The average molecular weight is 314 g/mol. The average Bonchev–Trinajstić information content (AvgIpc) is 3.31. The molecule has 4 nitrogen and oxygen atoms in total. The van der Waals surface area contributed by atoms with Crippen molar-refractivity contribution in [1.82, 2.24) is 9.88 Å². The number of thiazole rings is 1. The second-order valence-corrected chi connectivity index (χ2v) is 7.20. The molecule has 0 spiro atoms. The first-order valence-electron chi connectivity index (χ1n) is 7.97. The fraction of sp³-hybridized carbons (Fsp3) is 0.471. The zero-order valence-electron chi connectivity index (χ0n) is 12.3. The van der Waals surface area contributed by atoms with E-state index in [9.17, 15) is 0 Å². The molecule has 0 saturated carbocycles. The maximum Gasteiger partial charge on any atom is 0.231 e. The zero-order valence-corrected chi connectivity index (χ0v) is 13.1. The summed E-state index contributed by atoms with van der Waals surface area (Å²) in [6.07, 6.45) is 5.52. The third kappa shape index (κ3) is 2.03. The minimum absolute atomic E-state index is 0.319. The van der Waals surface area contributed by atoms with E-state index in [1.165, 1.54) is 31.4 Å². The van der Waals surface area contributed by atoms with Gasteiger partial charge in [0.05, 0.1) is 5.69 Å². The highest BCUT2D eigenvalue weighted by molar-refractivity contribution is 7.13. The fourth-order valence-electron chi connectivity index (χ4n) is 4.01. The lowest BCUT2D eigenvalue weighted by atomic mass is 10.0. The highest BCUT2D eigenvalue weighted by atomic mass is 32.1. The number of nitrogens with zero attached hydrogens (tertiary/aromatic N) is 2. The van der Waals surface area contributed by atoms with E-state index in [1.54, 1.807) is 11.3 Å². The Hall–Kier alpha value is -1.59. The van der Waals surface area contributed by atoms with Gasteiger partial charge in [0.2, 0.25) is 6.79 Å². The largest absolute Gasteiger partial charge is 0.454 e. The molecule has 2 aromatic rings. The summed E-state index contributed by atoms with van der Waals surface area (Å²) in [7, 11) is 0. The van der Waals surface area contributed by atoms with Crippen molar-refractivity contribution in [3.63, 3.8) is 0 Å². The molecule has 5 heteroatoms. The topological polar surface area (TPSA) is 34.6 Å². The molecule has 0 aliphatic carbocycles. The summed E-state index contributed by atoms with van der Waals surface area (Å²) in [6.45, 7) is 1.33. The number of benzene rings is 1. The first kappa shape index (κ1) is 12.9. The van der Waals surface area contributed by atoms with Gasteiger partial charge in [-0.05, 0) is 43.9 Å². The summed E-state index contributed by atoms with van der Waals surface area (Å²) in [5.41, 5.74) is 2.32. The van der Waals surface area contributed by atoms with Gasteiger partial charge in [0.25, 0.3) is 0 Å². The van der Waals surface area contributed by atoms with Crippen LogP contribution in [-0.4, -0.2) is 28.8 Å². The minimum Gasteiger partial charge on any atom is -0.454 e. The molecule has 2 bridgehead atoms. The van der Waals surface area contributed by atoms with Crippen LogP contribution in [0.15, 0.2) is 23.6 Å². The van der Waals surface area contributed by atoms with Gasteiger partial charge in [-0.1, -0.05) is 0 Å². The fourth-order valence-corrected chi connectivity index (χ4v) is 4.81. The summed E-state index contributed by atoms with van der Waals surface area (Å²) >= 11 is 1.72. The van der Waals surface area contributed by atoms with Crippen molar-refractivity contribution in [3.05, 3.63) is 29.3 Å². The van der Waals surface area contributed by atoms with Crippen molar-refractivity contribution in [2.75, 3.05) is 6.79 Å². The molecule has 0 amide bonds. The first-order valence-corrected chi connectivity index (χ1v) is 8.85. The van der Waals surface area contributed by atoms with Crippen molar-refractivity contribution in [2.24, 2.45) is 0 Å². The normalized spacial score (nSPS) is 26.0. The summed E-state index contributed by atoms with van der Waals surface area (Å²) in [5.74, 6) is 1.65. The molecule has 2 saturated heterocycles. The number of fused-ring (bicyclic) bond motifs is 3. The second kappa shape index (κ2) is 4.96. The Morgan fingerprint density at radius 1 is 1.09 bits per heavy atom. The SMILES string of the molecule is c1cc2c(cc1-c1nc(CN3C4CCC3CC4)cs1)OCO2. The Kier molecular flexibility index (Phi) is 2.91. The van der Waals surface area contributed by atoms with Crippen LogP contribution in [0.2, 0.25) is 0 Å². The number of hydrogen-bond donors (Lipinski definition) is 0. The van der Waals surface area contributed by atoms with Crippen molar-refractivity contribution in [1.29, 1.82) is 0 Å². The molecular formula is C17H18N2O2S. The van der Waals surface area contributed by atoms with Gasteiger partial charge in [0, 0.05) is 29.6 Å². The molecular weight excluding hydrogens is 296 g/mol. The van der Waals surface area contributed by atoms with Gasteiger partial charge in [-0.15, -0.1) is 11.3 Å². The number of hydrogen-bond acceptors (Lipinski definition) is 5. The Morgan fingerprint density at radius 3 is 2.68 bits per heavy atom. The van der Waals surface area contributed by atoms with Gasteiger partial charge in [-0.25, -0.2) is 4.98 Å². The van der Waals surface area contributed by atoms with E-state index in [-0.39, 0.29) is 0 Å². The maximum atomic E-state index is 5.46. The molecule has 0 N–H and O–H groups in total. The van der Waals surface area contributed by atoms with Crippen molar-refractivity contribution in [3.8, 4) is 22.1 Å². The van der Waals surface area contributed by atoms with Crippen LogP contribution in [0.3, 0.4) is 0 Å². The summed E-state index contributed by atoms with van der Waals surface area (Å²) in [5, 5.41) is 3.28. The molecule has 3 aliphatic heterocycles. The third-order valence-electron chi connectivity index (χ3n) is 5.12. The molecule has 0 atom stereocenters. The van der Waals surface area contributed by atoms with Gasteiger partial charge in [-0.2, -0.15) is 0 Å². The van der Waals surface area contributed by atoms with E-state index >= 15 is 0 Å². The van der Waals surface area contributed by atoms with Crippen LogP contribution in [0, 0.1) is 0 Å². The molecule has 2 fully saturated rings. The van der Waals surface area contributed by atoms with E-state index < -0.39 is 0 Å². The first-order chi connectivity index (χ1) is 10.9. The lowest BCUT2D eigenvalue weighted by Gasteiger charge is -2.19. The molecule has 1 aromatic carbocycles. The number of aromatic nitrogens is 1. The molecule has 0 unspecified atom stereocenters. The molecule has 22 heavy (non-hydrogen) atoms. The molecule has 5 rings (SSSR count). The van der Waals surface area contributed by atoms with Crippen LogP contribution >= 0.6 is 11.3 Å². The van der Waals surface area contributed by atoms with Gasteiger partial charge >= 0.3 is 0 Å². The Bertz CT molecular complexity index is 694. The van der Waals surface area contributed by atoms with Crippen LogP contribution in [-0.2, 0) is 6.54 Å². The molecule has 114 valence electrons. The molecule has 1 aromatic heterocycles. The zero-order chi connectivity index (χ0) is 14.5. The number of ether oxygens (including phenoxy) is 2. The van der Waals surface area contributed by atoms with Crippen molar-refractivity contribution in [2.45, 2.75) is 44.3 Å². The van der Waals surface area contributed by atoms with Crippen LogP contribution in [0.1, 0.15) is 31.4 Å². The van der Waals surface area contributed by atoms with Crippen LogP contribution < -0.4 is 9.47 Å². The van der Waals surface area contributed by atoms with Gasteiger partial charge in [0.1, 0.15) is 5.01 Å².